The first kappa shape index (κ1) is 14.1. The SMILES string of the molecule is O=C(O)Cc1ccc2c(c1)SC1=NCC=C(c3ccccc3)N12. The number of hydrogen-bond donors (Lipinski definition) is 1. The van der Waals surface area contributed by atoms with Gasteiger partial charge in [-0.25, -0.2) is 0 Å². The summed E-state index contributed by atoms with van der Waals surface area (Å²) in [4.78, 5) is 18.7. The molecule has 4 rings (SSSR count). The number of nitrogens with zero attached hydrogens (tertiary/aromatic N) is 2. The summed E-state index contributed by atoms with van der Waals surface area (Å²) in [7, 11) is 0. The normalized spacial score (nSPS) is 15.6. The van der Waals surface area contributed by atoms with Gasteiger partial charge in [-0.2, -0.15) is 0 Å². The number of carbonyl (C=O) groups is 1. The zero-order valence-corrected chi connectivity index (χ0v) is 13.1. The van der Waals surface area contributed by atoms with Gasteiger partial charge in [0, 0.05) is 4.90 Å². The van der Waals surface area contributed by atoms with Crippen molar-refractivity contribution in [2.45, 2.75) is 11.3 Å². The summed E-state index contributed by atoms with van der Waals surface area (Å²) in [6.07, 6.45) is 2.17. The lowest BCUT2D eigenvalue weighted by Crippen LogP contribution is -2.26. The fourth-order valence-corrected chi connectivity index (χ4v) is 3.95. The third-order valence-electron chi connectivity index (χ3n) is 3.83. The lowest BCUT2D eigenvalue weighted by Gasteiger charge is -2.25. The molecule has 0 fully saturated rings. The van der Waals surface area contributed by atoms with Crippen LogP contribution in [0.15, 0.2) is 64.5 Å². The van der Waals surface area contributed by atoms with Crippen LogP contribution in [-0.4, -0.2) is 22.8 Å². The molecule has 0 bridgehead atoms. The number of rotatable bonds is 3. The molecule has 0 saturated carbocycles. The van der Waals surface area contributed by atoms with Crippen molar-refractivity contribution in [2.75, 3.05) is 11.4 Å². The van der Waals surface area contributed by atoms with E-state index < -0.39 is 5.97 Å². The molecule has 5 heteroatoms. The van der Waals surface area contributed by atoms with E-state index in [2.05, 4.69) is 28.1 Å². The Kier molecular flexibility index (Phi) is 3.42. The predicted octanol–water partition coefficient (Wildman–Crippen LogP) is 3.64. The van der Waals surface area contributed by atoms with Crippen LogP contribution < -0.4 is 4.90 Å². The van der Waals surface area contributed by atoms with Crippen molar-refractivity contribution in [1.82, 2.24) is 0 Å². The van der Waals surface area contributed by atoms with E-state index >= 15 is 0 Å². The van der Waals surface area contributed by atoms with Gasteiger partial charge in [0.25, 0.3) is 0 Å². The van der Waals surface area contributed by atoms with Gasteiger partial charge >= 0.3 is 5.97 Å². The second-order valence-electron chi connectivity index (χ2n) is 5.39. The third kappa shape index (κ3) is 2.53. The number of fused-ring (bicyclic) bond motifs is 3. The summed E-state index contributed by atoms with van der Waals surface area (Å²) in [5.74, 6) is -0.812. The fraction of sp³-hybridized carbons (Fsp3) is 0.111. The largest absolute Gasteiger partial charge is 0.481 e. The van der Waals surface area contributed by atoms with Crippen LogP contribution in [0.3, 0.4) is 0 Å². The fourth-order valence-electron chi connectivity index (χ4n) is 2.85. The molecule has 0 spiro atoms. The smallest absolute Gasteiger partial charge is 0.307 e. The highest BCUT2D eigenvalue weighted by molar-refractivity contribution is 8.14. The van der Waals surface area contributed by atoms with Crippen molar-refractivity contribution in [2.24, 2.45) is 4.99 Å². The van der Waals surface area contributed by atoms with Crippen molar-refractivity contribution < 1.29 is 9.90 Å². The molecule has 4 nitrogen and oxygen atoms in total. The number of amidine groups is 1. The van der Waals surface area contributed by atoms with E-state index in [0.29, 0.717) is 6.54 Å². The van der Waals surface area contributed by atoms with Crippen LogP contribution in [0.2, 0.25) is 0 Å². The van der Waals surface area contributed by atoms with Crippen molar-refractivity contribution in [3.8, 4) is 0 Å². The molecule has 0 saturated heterocycles. The maximum absolute atomic E-state index is 10.9. The van der Waals surface area contributed by atoms with E-state index in [1.165, 1.54) is 0 Å². The number of aliphatic carboxylic acids is 1. The Labute approximate surface area is 138 Å². The average Bonchev–Trinajstić information content (AvgIpc) is 2.92. The molecule has 0 aliphatic carbocycles. The Hall–Kier alpha value is -2.53. The summed E-state index contributed by atoms with van der Waals surface area (Å²) in [6.45, 7) is 0.666. The summed E-state index contributed by atoms with van der Waals surface area (Å²) in [6, 6.07) is 16.1. The zero-order valence-electron chi connectivity index (χ0n) is 12.3. The lowest BCUT2D eigenvalue weighted by molar-refractivity contribution is -0.136. The first-order chi connectivity index (χ1) is 11.2. The first-order valence-corrected chi connectivity index (χ1v) is 8.17. The molecule has 2 heterocycles. The molecule has 0 aromatic heterocycles. The Morgan fingerprint density at radius 1 is 1.22 bits per heavy atom. The molecule has 2 aromatic rings. The topological polar surface area (TPSA) is 52.9 Å². The van der Waals surface area contributed by atoms with E-state index in [-0.39, 0.29) is 6.42 Å². The predicted molar refractivity (Wildman–Crippen MR) is 92.8 cm³/mol. The van der Waals surface area contributed by atoms with Crippen molar-refractivity contribution in [3.05, 3.63) is 65.7 Å². The highest BCUT2D eigenvalue weighted by Crippen LogP contribution is 2.46. The van der Waals surface area contributed by atoms with E-state index in [4.69, 9.17) is 5.11 Å². The minimum Gasteiger partial charge on any atom is -0.481 e. The number of anilines is 1. The van der Waals surface area contributed by atoms with Gasteiger partial charge in [-0.1, -0.05) is 36.4 Å². The van der Waals surface area contributed by atoms with Crippen molar-refractivity contribution >= 4 is 34.3 Å². The van der Waals surface area contributed by atoms with Gasteiger partial charge in [0.1, 0.15) is 0 Å². The Bertz CT molecular complexity index is 843. The zero-order chi connectivity index (χ0) is 15.8. The molecule has 2 aliphatic rings. The van der Waals surface area contributed by atoms with Crippen LogP contribution in [0.1, 0.15) is 11.1 Å². The second kappa shape index (κ2) is 5.59. The molecule has 1 N–H and O–H groups in total. The Morgan fingerprint density at radius 2 is 2.04 bits per heavy atom. The van der Waals surface area contributed by atoms with E-state index in [1.807, 2.05) is 36.4 Å². The van der Waals surface area contributed by atoms with Gasteiger partial charge < -0.3 is 5.11 Å². The van der Waals surface area contributed by atoms with Crippen LogP contribution >= 0.6 is 11.8 Å². The summed E-state index contributed by atoms with van der Waals surface area (Å²) >= 11 is 1.60. The summed E-state index contributed by atoms with van der Waals surface area (Å²) < 4.78 is 0. The molecule has 0 amide bonds. The minimum atomic E-state index is -0.812. The molecule has 0 atom stereocenters. The first-order valence-electron chi connectivity index (χ1n) is 7.35. The quantitative estimate of drug-likeness (QED) is 0.937. The number of carboxylic acids is 1. The number of hydrogen-bond acceptors (Lipinski definition) is 4. The highest BCUT2D eigenvalue weighted by Gasteiger charge is 2.31. The maximum Gasteiger partial charge on any atom is 0.307 e. The number of thioether (sulfide) groups is 1. The van der Waals surface area contributed by atoms with Gasteiger partial charge in [0.05, 0.1) is 24.4 Å². The highest BCUT2D eigenvalue weighted by atomic mass is 32.2. The van der Waals surface area contributed by atoms with E-state index in [0.717, 1.165) is 32.6 Å². The summed E-state index contributed by atoms with van der Waals surface area (Å²) in [5, 5.41) is 9.92. The second-order valence-corrected chi connectivity index (χ2v) is 6.40. The van der Waals surface area contributed by atoms with Crippen LogP contribution in [-0.2, 0) is 11.2 Å². The Morgan fingerprint density at radius 3 is 2.83 bits per heavy atom. The van der Waals surface area contributed by atoms with Crippen LogP contribution in [0.25, 0.3) is 5.70 Å². The van der Waals surface area contributed by atoms with Crippen molar-refractivity contribution in [1.29, 1.82) is 0 Å². The average molecular weight is 322 g/mol. The van der Waals surface area contributed by atoms with Gasteiger partial charge in [-0.05, 0) is 41.1 Å². The molecule has 0 radical (unpaired) electrons. The van der Waals surface area contributed by atoms with Gasteiger partial charge in [0.2, 0.25) is 0 Å². The monoisotopic (exact) mass is 322 g/mol. The molecule has 2 aromatic carbocycles. The molecule has 23 heavy (non-hydrogen) atoms. The molecular weight excluding hydrogens is 308 g/mol. The Balaban J connectivity index is 1.74. The number of benzene rings is 2. The van der Waals surface area contributed by atoms with Crippen LogP contribution in [0.4, 0.5) is 5.69 Å². The summed E-state index contributed by atoms with van der Waals surface area (Å²) in [5.41, 5.74) is 4.17. The maximum atomic E-state index is 10.9. The standard InChI is InChI=1S/C18H14N2O2S/c21-17(22)11-12-6-7-15-16(10-12)23-18-19-9-8-14(20(15)18)13-4-2-1-3-5-13/h1-8,10H,9,11H2,(H,21,22). The van der Waals surface area contributed by atoms with Gasteiger partial charge in [-0.3, -0.25) is 14.7 Å². The van der Waals surface area contributed by atoms with Crippen molar-refractivity contribution in [3.63, 3.8) is 0 Å². The molecular formula is C18H14N2O2S. The molecule has 114 valence electrons. The molecule has 0 unspecified atom stereocenters. The van der Waals surface area contributed by atoms with Crippen LogP contribution in [0.5, 0.6) is 0 Å². The lowest BCUT2D eigenvalue weighted by atomic mass is 10.1. The minimum absolute atomic E-state index is 0.0434. The third-order valence-corrected chi connectivity index (χ3v) is 4.88. The van der Waals surface area contributed by atoms with E-state index in [1.54, 1.807) is 11.8 Å². The number of aliphatic imine (C=N–C) groups is 1. The van der Waals surface area contributed by atoms with E-state index in [9.17, 15) is 4.79 Å². The number of carboxylic acid groups (broad SMARTS) is 1. The van der Waals surface area contributed by atoms with Gasteiger partial charge in [0.15, 0.2) is 5.17 Å². The van der Waals surface area contributed by atoms with Crippen LogP contribution in [0, 0.1) is 0 Å². The van der Waals surface area contributed by atoms with Gasteiger partial charge in [-0.15, -0.1) is 0 Å². The molecule has 2 aliphatic heterocycles.